The Morgan fingerprint density at radius 2 is 2.16 bits per heavy atom. The minimum Gasteiger partial charge on any atom is -0.478 e. The summed E-state index contributed by atoms with van der Waals surface area (Å²) in [5, 5.41) is 8.91. The van der Waals surface area contributed by atoms with E-state index in [0.29, 0.717) is 5.69 Å². The highest BCUT2D eigenvalue weighted by atomic mass is 16.4. The molecular weight excluding hydrogens is 248 g/mol. The lowest BCUT2D eigenvalue weighted by molar-refractivity contribution is -0.124. The second-order valence-corrected chi connectivity index (χ2v) is 4.02. The van der Waals surface area contributed by atoms with Crippen LogP contribution < -0.4 is 4.90 Å². The Balaban J connectivity index is 2.30. The van der Waals surface area contributed by atoms with Gasteiger partial charge in [0.05, 0.1) is 5.56 Å². The minimum atomic E-state index is -1.08. The highest BCUT2D eigenvalue weighted by Gasteiger charge is 2.36. The van der Waals surface area contributed by atoms with Crippen LogP contribution in [0.2, 0.25) is 0 Å². The van der Waals surface area contributed by atoms with Crippen LogP contribution in [-0.4, -0.2) is 41.0 Å². The molecule has 0 radical (unpaired) electrons. The molecule has 0 saturated carbocycles. The van der Waals surface area contributed by atoms with Gasteiger partial charge in [0.25, 0.3) is 5.91 Å². The normalized spacial score (nSPS) is 14.9. The number of nitrogens with zero attached hydrogens (tertiary/aromatic N) is 2. The number of hydrogen-bond acceptors (Lipinski definition) is 3. The van der Waals surface area contributed by atoms with Gasteiger partial charge in [0.2, 0.25) is 0 Å². The molecule has 2 rings (SSSR count). The van der Waals surface area contributed by atoms with Gasteiger partial charge in [-0.25, -0.2) is 9.59 Å². The van der Waals surface area contributed by atoms with Gasteiger partial charge < -0.3 is 5.11 Å². The van der Waals surface area contributed by atoms with Gasteiger partial charge in [0, 0.05) is 12.2 Å². The fraction of sp³-hybridized carbons (Fsp3) is 0.154. The Bertz CT molecular complexity index is 568. The van der Waals surface area contributed by atoms with Crippen molar-refractivity contribution in [2.45, 2.75) is 0 Å². The maximum atomic E-state index is 12.0. The van der Waals surface area contributed by atoms with E-state index in [1.165, 1.54) is 29.2 Å². The smallest absolute Gasteiger partial charge is 0.335 e. The van der Waals surface area contributed by atoms with Crippen LogP contribution in [0, 0.1) is 0 Å². The number of carboxylic acids is 1. The largest absolute Gasteiger partial charge is 0.478 e. The van der Waals surface area contributed by atoms with Crippen LogP contribution in [0.5, 0.6) is 0 Å². The third-order valence-corrected chi connectivity index (χ3v) is 2.77. The van der Waals surface area contributed by atoms with Crippen LogP contribution >= 0.6 is 0 Å². The second-order valence-electron chi connectivity index (χ2n) is 4.02. The average molecular weight is 260 g/mol. The summed E-state index contributed by atoms with van der Waals surface area (Å²) in [6.07, 6.45) is 1.47. The second kappa shape index (κ2) is 4.93. The fourth-order valence-electron chi connectivity index (χ4n) is 1.86. The number of aromatic carboxylic acids is 1. The number of amides is 3. The molecule has 1 aromatic carbocycles. The number of hydrogen-bond donors (Lipinski definition) is 1. The molecule has 1 saturated heterocycles. The van der Waals surface area contributed by atoms with Crippen molar-refractivity contribution in [1.82, 2.24) is 4.90 Å². The van der Waals surface area contributed by atoms with Crippen molar-refractivity contribution in [3.8, 4) is 0 Å². The third-order valence-electron chi connectivity index (χ3n) is 2.77. The summed E-state index contributed by atoms with van der Waals surface area (Å²) < 4.78 is 0. The number of benzene rings is 1. The van der Waals surface area contributed by atoms with Gasteiger partial charge in [0.15, 0.2) is 0 Å². The van der Waals surface area contributed by atoms with E-state index in [-0.39, 0.29) is 24.6 Å². The molecule has 0 aliphatic carbocycles. The van der Waals surface area contributed by atoms with E-state index in [0.717, 1.165) is 4.90 Å². The number of anilines is 1. The third kappa shape index (κ3) is 2.33. The molecule has 1 heterocycles. The first-order valence-corrected chi connectivity index (χ1v) is 5.60. The first kappa shape index (κ1) is 12.8. The van der Waals surface area contributed by atoms with E-state index in [2.05, 4.69) is 6.58 Å². The molecule has 1 aromatic rings. The van der Waals surface area contributed by atoms with Crippen molar-refractivity contribution in [1.29, 1.82) is 0 Å². The first-order chi connectivity index (χ1) is 9.04. The first-order valence-electron chi connectivity index (χ1n) is 5.60. The van der Waals surface area contributed by atoms with Gasteiger partial charge in [0.1, 0.15) is 6.54 Å². The lowest BCUT2D eigenvalue weighted by Gasteiger charge is -2.16. The number of rotatable bonds is 4. The summed E-state index contributed by atoms with van der Waals surface area (Å²) in [5.74, 6) is -1.41. The van der Waals surface area contributed by atoms with Crippen molar-refractivity contribution in [3.05, 3.63) is 42.5 Å². The van der Waals surface area contributed by atoms with Crippen molar-refractivity contribution in [3.63, 3.8) is 0 Å². The van der Waals surface area contributed by atoms with Crippen LogP contribution in [-0.2, 0) is 4.79 Å². The molecular formula is C13H12N2O4. The molecule has 98 valence electrons. The topological polar surface area (TPSA) is 77.9 Å². The van der Waals surface area contributed by atoms with Crippen molar-refractivity contribution >= 4 is 23.6 Å². The zero-order valence-electron chi connectivity index (χ0n) is 10.1. The summed E-state index contributed by atoms with van der Waals surface area (Å²) in [5.41, 5.74) is 0.463. The number of carbonyl (C=O) groups is 3. The van der Waals surface area contributed by atoms with Crippen LogP contribution in [0.1, 0.15) is 10.4 Å². The summed E-state index contributed by atoms with van der Waals surface area (Å²) in [7, 11) is 0. The average Bonchev–Trinajstić information content (AvgIpc) is 2.67. The van der Waals surface area contributed by atoms with Crippen LogP contribution in [0.25, 0.3) is 0 Å². The summed E-state index contributed by atoms with van der Waals surface area (Å²) in [4.78, 5) is 36.9. The Morgan fingerprint density at radius 1 is 1.42 bits per heavy atom. The molecule has 0 spiro atoms. The zero-order valence-corrected chi connectivity index (χ0v) is 10.1. The lowest BCUT2D eigenvalue weighted by atomic mass is 10.2. The number of carboxylic acid groups (broad SMARTS) is 1. The zero-order chi connectivity index (χ0) is 14.0. The Hall–Kier alpha value is -2.63. The number of imide groups is 1. The molecule has 6 nitrogen and oxygen atoms in total. The van der Waals surface area contributed by atoms with Crippen LogP contribution in [0.3, 0.4) is 0 Å². The molecule has 1 fully saturated rings. The molecule has 0 aromatic heterocycles. The predicted molar refractivity (Wildman–Crippen MR) is 68.1 cm³/mol. The number of carbonyl (C=O) groups excluding carboxylic acids is 2. The Labute approximate surface area is 109 Å². The van der Waals surface area contributed by atoms with Crippen molar-refractivity contribution < 1.29 is 19.5 Å². The molecule has 0 bridgehead atoms. The van der Waals surface area contributed by atoms with Crippen molar-refractivity contribution in [2.75, 3.05) is 18.0 Å². The van der Waals surface area contributed by atoms with Crippen LogP contribution in [0.15, 0.2) is 36.9 Å². The molecule has 1 N–H and O–H groups in total. The highest BCUT2D eigenvalue weighted by Crippen LogP contribution is 2.22. The monoisotopic (exact) mass is 260 g/mol. The van der Waals surface area contributed by atoms with E-state index < -0.39 is 12.0 Å². The fourth-order valence-corrected chi connectivity index (χ4v) is 1.86. The van der Waals surface area contributed by atoms with E-state index in [4.69, 9.17) is 5.11 Å². The molecule has 1 aliphatic rings. The molecule has 0 unspecified atom stereocenters. The van der Waals surface area contributed by atoms with E-state index in [1.807, 2.05) is 0 Å². The quantitative estimate of drug-likeness (QED) is 0.654. The summed E-state index contributed by atoms with van der Waals surface area (Å²) in [6.45, 7) is 3.54. The molecule has 19 heavy (non-hydrogen) atoms. The molecule has 0 atom stereocenters. The minimum absolute atomic E-state index is 0.0694. The summed E-state index contributed by atoms with van der Waals surface area (Å²) in [6, 6.07) is 5.45. The van der Waals surface area contributed by atoms with E-state index in [9.17, 15) is 14.4 Å². The van der Waals surface area contributed by atoms with Crippen LogP contribution in [0.4, 0.5) is 10.5 Å². The summed E-state index contributed by atoms with van der Waals surface area (Å²) >= 11 is 0. The molecule has 1 aliphatic heterocycles. The van der Waals surface area contributed by atoms with E-state index >= 15 is 0 Å². The lowest BCUT2D eigenvalue weighted by Crippen LogP contribution is -2.33. The van der Waals surface area contributed by atoms with Gasteiger partial charge in [-0.05, 0) is 18.2 Å². The molecule has 6 heteroatoms. The Kier molecular flexibility index (Phi) is 3.33. The van der Waals surface area contributed by atoms with Gasteiger partial charge in [-0.15, -0.1) is 6.58 Å². The SMILES string of the molecule is C=CCN1C(=O)CN(c2cccc(C(=O)O)c2)C1=O. The maximum absolute atomic E-state index is 12.0. The van der Waals surface area contributed by atoms with Crippen molar-refractivity contribution in [2.24, 2.45) is 0 Å². The van der Waals surface area contributed by atoms with E-state index in [1.54, 1.807) is 6.07 Å². The molecule has 3 amide bonds. The van der Waals surface area contributed by atoms with Gasteiger partial charge in [-0.1, -0.05) is 12.1 Å². The maximum Gasteiger partial charge on any atom is 0.335 e. The predicted octanol–water partition coefficient (Wildman–Crippen LogP) is 1.34. The highest BCUT2D eigenvalue weighted by molar-refractivity contribution is 6.12. The number of urea groups is 1. The van der Waals surface area contributed by atoms with Gasteiger partial charge in [-0.2, -0.15) is 0 Å². The Morgan fingerprint density at radius 3 is 2.79 bits per heavy atom. The van der Waals surface area contributed by atoms with Gasteiger partial charge >= 0.3 is 12.0 Å². The van der Waals surface area contributed by atoms with Gasteiger partial charge in [-0.3, -0.25) is 14.6 Å². The standard InChI is InChI=1S/C13H12N2O4/c1-2-6-14-11(16)8-15(13(14)19)10-5-3-4-9(7-10)12(17)18/h2-5,7H,1,6,8H2,(H,17,18).